The number of aryl methyl sites for hydroxylation is 1. The normalized spacial score (nSPS) is 13.8. The number of hydrazine groups is 1. The minimum Gasteiger partial charge on any atom is -0.373 e. The summed E-state index contributed by atoms with van der Waals surface area (Å²) >= 11 is 0. The summed E-state index contributed by atoms with van der Waals surface area (Å²) in [5.74, 6) is 1.15. The fourth-order valence-corrected chi connectivity index (χ4v) is 1.50. The smallest absolute Gasteiger partial charge is 0.330 e. The van der Waals surface area contributed by atoms with E-state index in [-0.39, 0.29) is 6.61 Å². The average Bonchev–Trinajstić information content (AvgIpc) is 2.34. The van der Waals surface area contributed by atoms with Gasteiger partial charge in [0.15, 0.2) is 0 Å². The lowest BCUT2D eigenvalue weighted by atomic mass is 10.1. The average molecular weight is 280 g/mol. The van der Waals surface area contributed by atoms with E-state index in [2.05, 4.69) is 10.2 Å². The summed E-state index contributed by atoms with van der Waals surface area (Å²) in [6.45, 7) is 0.305. The summed E-state index contributed by atoms with van der Waals surface area (Å²) in [7, 11) is 0. The lowest BCUT2D eigenvalue weighted by molar-refractivity contribution is -0.167. The van der Waals surface area contributed by atoms with Crippen molar-refractivity contribution < 1.29 is 22.3 Å². The number of hydrogen-bond acceptors (Lipinski definition) is 3. The molecule has 1 aromatic rings. The minimum absolute atomic E-state index is 0.220. The minimum atomic E-state index is -4.15. The molecule has 0 aliphatic rings. The summed E-state index contributed by atoms with van der Waals surface area (Å²) in [5, 5.41) is 0. The SMILES string of the molecule is Cc1cccc(C(COCC(F)(F)C(F)F)NN)c1. The van der Waals surface area contributed by atoms with Gasteiger partial charge in [0.05, 0.1) is 12.6 Å². The zero-order valence-corrected chi connectivity index (χ0v) is 10.4. The van der Waals surface area contributed by atoms with Crippen molar-refractivity contribution in [3.05, 3.63) is 35.4 Å². The van der Waals surface area contributed by atoms with E-state index in [4.69, 9.17) is 5.84 Å². The van der Waals surface area contributed by atoms with E-state index in [1.54, 1.807) is 18.2 Å². The van der Waals surface area contributed by atoms with Crippen LogP contribution in [0.25, 0.3) is 0 Å². The highest BCUT2D eigenvalue weighted by Gasteiger charge is 2.41. The largest absolute Gasteiger partial charge is 0.373 e. The molecule has 0 radical (unpaired) electrons. The Kier molecular flexibility index (Phi) is 5.71. The third-order valence-corrected chi connectivity index (χ3v) is 2.54. The summed E-state index contributed by atoms with van der Waals surface area (Å²) < 4.78 is 53.8. The molecule has 1 rings (SSSR count). The second kappa shape index (κ2) is 6.83. The van der Waals surface area contributed by atoms with Crippen LogP contribution in [-0.2, 0) is 4.74 Å². The van der Waals surface area contributed by atoms with Crippen LogP contribution in [0, 0.1) is 6.92 Å². The number of ether oxygens (including phenoxy) is 1. The second-order valence-corrected chi connectivity index (χ2v) is 4.21. The van der Waals surface area contributed by atoms with Gasteiger partial charge < -0.3 is 4.74 Å². The third kappa shape index (κ3) is 4.77. The van der Waals surface area contributed by atoms with Crippen molar-refractivity contribution in [2.45, 2.75) is 25.3 Å². The quantitative estimate of drug-likeness (QED) is 0.458. The Morgan fingerprint density at radius 2 is 2.05 bits per heavy atom. The number of nitrogens with one attached hydrogen (secondary N) is 1. The van der Waals surface area contributed by atoms with Gasteiger partial charge in [0.1, 0.15) is 6.61 Å². The van der Waals surface area contributed by atoms with E-state index in [0.717, 1.165) is 11.1 Å². The van der Waals surface area contributed by atoms with E-state index in [0.29, 0.717) is 0 Å². The predicted molar refractivity (Wildman–Crippen MR) is 63.0 cm³/mol. The number of alkyl halides is 4. The molecule has 0 fully saturated rings. The molecule has 0 saturated heterocycles. The molecule has 3 N–H and O–H groups in total. The topological polar surface area (TPSA) is 47.3 Å². The molecule has 0 spiro atoms. The van der Waals surface area contributed by atoms with Crippen LogP contribution in [0.3, 0.4) is 0 Å². The van der Waals surface area contributed by atoms with Crippen LogP contribution >= 0.6 is 0 Å². The van der Waals surface area contributed by atoms with Crippen LogP contribution in [0.15, 0.2) is 24.3 Å². The van der Waals surface area contributed by atoms with Gasteiger partial charge in [0.2, 0.25) is 0 Å². The fraction of sp³-hybridized carbons (Fsp3) is 0.500. The maximum absolute atomic E-state index is 12.6. The van der Waals surface area contributed by atoms with Gasteiger partial charge in [0, 0.05) is 0 Å². The highest BCUT2D eigenvalue weighted by atomic mass is 19.3. The van der Waals surface area contributed by atoms with Crippen molar-refractivity contribution in [1.29, 1.82) is 0 Å². The van der Waals surface area contributed by atoms with Crippen molar-refractivity contribution in [2.24, 2.45) is 5.84 Å². The molecule has 0 bridgehead atoms. The molecule has 19 heavy (non-hydrogen) atoms. The van der Waals surface area contributed by atoms with Crippen molar-refractivity contribution in [1.82, 2.24) is 5.43 Å². The van der Waals surface area contributed by atoms with Crippen LogP contribution in [0.2, 0.25) is 0 Å². The Hall–Kier alpha value is -1.18. The van der Waals surface area contributed by atoms with E-state index in [1.165, 1.54) is 0 Å². The first-order valence-corrected chi connectivity index (χ1v) is 5.63. The zero-order chi connectivity index (χ0) is 14.5. The number of nitrogens with two attached hydrogens (primary N) is 1. The molecule has 0 aromatic heterocycles. The first-order chi connectivity index (χ1) is 8.86. The number of benzene rings is 1. The van der Waals surface area contributed by atoms with Crippen LogP contribution in [0.1, 0.15) is 17.2 Å². The number of hydrogen-bond donors (Lipinski definition) is 2. The van der Waals surface area contributed by atoms with Crippen LogP contribution in [0.5, 0.6) is 0 Å². The molecule has 3 nitrogen and oxygen atoms in total. The lowest BCUT2D eigenvalue weighted by Gasteiger charge is -2.20. The Balaban J connectivity index is 2.55. The molecule has 0 heterocycles. The molecule has 7 heteroatoms. The molecule has 108 valence electrons. The fourth-order valence-electron chi connectivity index (χ4n) is 1.50. The van der Waals surface area contributed by atoms with Crippen molar-refractivity contribution in [3.8, 4) is 0 Å². The predicted octanol–water partition coefficient (Wildman–Crippen LogP) is 2.42. The molecule has 0 aliphatic carbocycles. The third-order valence-electron chi connectivity index (χ3n) is 2.54. The molecule has 0 saturated carbocycles. The van der Waals surface area contributed by atoms with Crippen molar-refractivity contribution in [3.63, 3.8) is 0 Å². The van der Waals surface area contributed by atoms with Crippen LogP contribution in [-0.4, -0.2) is 25.6 Å². The monoisotopic (exact) mass is 280 g/mol. The van der Waals surface area contributed by atoms with Crippen LogP contribution < -0.4 is 11.3 Å². The van der Waals surface area contributed by atoms with E-state index in [1.807, 2.05) is 13.0 Å². The molecular formula is C12H16F4N2O. The van der Waals surface area contributed by atoms with Crippen LogP contribution in [0.4, 0.5) is 17.6 Å². The van der Waals surface area contributed by atoms with Gasteiger partial charge in [0.25, 0.3) is 0 Å². The first-order valence-electron chi connectivity index (χ1n) is 5.63. The number of halogens is 4. The standard InChI is InChI=1S/C12H16F4N2O/c1-8-3-2-4-9(5-8)10(18-17)6-19-7-12(15,16)11(13)14/h2-5,10-11,18H,6-7,17H2,1H3. The number of rotatable bonds is 7. The molecule has 0 aliphatic heterocycles. The van der Waals surface area contributed by atoms with Crippen molar-refractivity contribution >= 4 is 0 Å². The van der Waals surface area contributed by atoms with E-state index in [9.17, 15) is 17.6 Å². The highest BCUT2D eigenvalue weighted by Crippen LogP contribution is 2.23. The maximum Gasteiger partial charge on any atom is 0.330 e. The molecule has 0 amide bonds. The van der Waals surface area contributed by atoms with Gasteiger partial charge >= 0.3 is 12.3 Å². The highest BCUT2D eigenvalue weighted by molar-refractivity contribution is 5.25. The Morgan fingerprint density at radius 3 is 2.58 bits per heavy atom. The van der Waals surface area contributed by atoms with Gasteiger partial charge in [-0.15, -0.1) is 0 Å². The summed E-state index contributed by atoms with van der Waals surface area (Å²) in [6.07, 6.45) is -3.74. The Morgan fingerprint density at radius 1 is 1.37 bits per heavy atom. The summed E-state index contributed by atoms with van der Waals surface area (Å²) in [5.41, 5.74) is 4.11. The molecular weight excluding hydrogens is 264 g/mol. The summed E-state index contributed by atoms with van der Waals surface area (Å²) in [4.78, 5) is 0. The van der Waals surface area contributed by atoms with Gasteiger partial charge in [-0.2, -0.15) is 8.78 Å². The Labute approximate surface area is 108 Å². The van der Waals surface area contributed by atoms with Crippen molar-refractivity contribution in [2.75, 3.05) is 13.2 Å². The summed E-state index contributed by atoms with van der Waals surface area (Å²) in [6, 6.07) is 6.66. The maximum atomic E-state index is 12.6. The van der Waals surface area contributed by atoms with Gasteiger partial charge in [-0.25, -0.2) is 8.78 Å². The molecule has 1 aromatic carbocycles. The molecule has 1 unspecified atom stereocenters. The van der Waals surface area contributed by atoms with Gasteiger partial charge in [-0.05, 0) is 12.5 Å². The van der Waals surface area contributed by atoms with E-state index < -0.39 is 25.0 Å². The van der Waals surface area contributed by atoms with Gasteiger partial charge in [-0.3, -0.25) is 11.3 Å². The lowest BCUT2D eigenvalue weighted by Crippen LogP contribution is -2.36. The zero-order valence-electron chi connectivity index (χ0n) is 10.4. The Bertz CT molecular complexity index is 401. The van der Waals surface area contributed by atoms with E-state index >= 15 is 0 Å². The first kappa shape index (κ1) is 15.9. The van der Waals surface area contributed by atoms with Gasteiger partial charge in [-0.1, -0.05) is 29.8 Å². The molecule has 1 atom stereocenters. The second-order valence-electron chi connectivity index (χ2n) is 4.21.